The van der Waals surface area contributed by atoms with Gasteiger partial charge >= 0.3 is 5.97 Å². The number of carboxylic acid groups (broad SMARTS) is 1. The van der Waals surface area contributed by atoms with Gasteiger partial charge in [0, 0.05) is 6.42 Å². The van der Waals surface area contributed by atoms with Crippen molar-refractivity contribution >= 4 is 34.9 Å². The van der Waals surface area contributed by atoms with Gasteiger partial charge in [0.25, 0.3) is 5.60 Å². The van der Waals surface area contributed by atoms with Crippen molar-refractivity contribution in [3.8, 4) is 0 Å². The van der Waals surface area contributed by atoms with E-state index in [9.17, 15) is 9.90 Å². The van der Waals surface area contributed by atoms with Crippen LogP contribution in [0.4, 0.5) is 0 Å². The van der Waals surface area contributed by atoms with Gasteiger partial charge in [-0.2, -0.15) is 0 Å². The van der Waals surface area contributed by atoms with E-state index in [1.807, 2.05) is 31.2 Å². The zero-order valence-electron chi connectivity index (χ0n) is 14.9. The molecule has 0 bridgehead atoms. The fourth-order valence-corrected chi connectivity index (χ4v) is 3.32. The summed E-state index contributed by atoms with van der Waals surface area (Å²) in [6.45, 7) is 3.92. The van der Waals surface area contributed by atoms with E-state index >= 15 is 0 Å². The van der Waals surface area contributed by atoms with E-state index in [0.29, 0.717) is 21.3 Å². The highest BCUT2D eigenvalue weighted by Crippen LogP contribution is 2.41. The fourth-order valence-electron chi connectivity index (χ4n) is 3.01. The van der Waals surface area contributed by atoms with Crippen LogP contribution in [0.25, 0.3) is 0 Å². The molecule has 0 fully saturated rings. The van der Waals surface area contributed by atoms with E-state index in [0.717, 1.165) is 11.1 Å². The van der Waals surface area contributed by atoms with Gasteiger partial charge in [-0.3, -0.25) is 0 Å². The first-order chi connectivity index (χ1) is 12.8. The third kappa shape index (κ3) is 4.10. The molecule has 0 spiro atoms. The molecule has 0 amide bonds. The molecule has 2 atom stereocenters. The van der Waals surface area contributed by atoms with E-state index in [4.69, 9.17) is 32.8 Å². The first kappa shape index (κ1) is 19.7. The largest absolute Gasteiger partial charge is 0.478 e. The average molecular weight is 408 g/mol. The van der Waals surface area contributed by atoms with Crippen LogP contribution in [0.1, 0.15) is 36.1 Å². The first-order valence-corrected chi connectivity index (χ1v) is 9.14. The average Bonchev–Trinajstić information content (AvgIpc) is 3.03. The van der Waals surface area contributed by atoms with Crippen molar-refractivity contribution in [2.24, 2.45) is 5.16 Å². The molecule has 2 aromatic carbocycles. The smallest absolute Gasteiger partial charge is 0.354 e. The minimum Gasteiger partial charge on any atom is -0.478 e. The summed E-state index contributed by atoms with van der Waals surface area (Å²) >= 11 is 12.2. The minimum absolute atomic E-state index is 0.112. The lowest BCUT2D eigenvalue weighted by Gasteiger charge is -2.31. The topological polar surface area (TPSA) is 68.1 Å². The fraction of sp³-hybridized carbons (Fsp3) is 0.300. The molecule has 0 saturated carbocycles. The summed E-state index contributed by atoms with van der Waals surface area (Å²) in [6, 6.07) is 12.7. The molecule has 5 nitrogen and oxygen atoms in total. The van der Waals surface area contributed by atoms with Crippen molar-refractivity contribution < 1.29 is 19.5 Å². The van der Waals surface area contributed by atoms with Crippen molar-refractivity contribution in [3.05, 3.63) is 69.2 Å². The van der Waals surface area contributed by atoms with Crippen molar-refractivity contribution in [2.45, 2.75) is 38.6 Å². The van der Waals surface area contributed by atoms with Gasteiger partial charge in [-0.25, -0.2) is 4.79 Å². The SMILES string of the molecule is CC1=NOC(C(=O)O)(C(OCc2ccc(C)cc2)c2ccc(Cl)c(Cl)c2)C1. The van der Waals surface area contributed by atoms with Gasteiger partial charge < -0.3 is 14.7 Å². The molecule has 1 aliphatic heterocycles. The molecule has 142 valence electrons. The van der Waals surface area contributed by atoms with Crippen LogP contribution in [-0.2, 0) is 21.0 Å². The lowest BCUT2D eigenvalue weighted by Crippen LogP contribution is -2.46. The van der Waals surface area contributed by atoms with Crippen molar-refractivity contribution in [1.29, 1.82) is 0 Å². The predicted molar refractivity (Wildman–Crippen MR) is 104 cm³/mol. The number of aliphatic carboxylic acids is 1. The highest BCUT2D eigenvalue weighted by molar-refractivity contribution is 6.42. The Morgan fingerprint density at radius 1 is 1.22 bits per heavy atom. The van der Waals surface area contributed by atoms with Crippen molar-refractivity contribution in [2.75, 3.05) is 0 Å². The summed E-state index contributed by atoms with van der Waals surface area (Å²) in [4.78, 5) is 17.6. The van der Waals surface area contributed by atoms with E-state index in [2.05, 4.69) is 5.16 Å². The summed E-state index contributed by atoms with van der Waals surface area (Å²) in [5.41, 5.74) is 1.53. The van der Waals surface area contributed by atoms with E-state index in [1.165, 1.54) is 0 Å². The van der Waals surface area contributed by atoms with Gasteiger partial charge in [-0.15, -0.1) is 0 Å². The molecule has 0 aromatic heterocycles. The number of nitrogens with zero attached hydrogens (tertiary/aromatic N) is 1. The Balaban J connectivity index is 1.96. The number of ether oxygens (including phenoxy) is 1. The number of benzene rings is 2. The molecule has 2 aromatic rings. The summed E-state index contributed by atoms with van der Waals surface area (Å²) in [7, 11) is 0. The second kappa shape index (κ2) is 7.89. The molecule has 1 heterocycles. The van der Waals surface area contributed by atoms with Gasteiger partial charge in [0.05, 0.1) is 22.4 Å². The van der Waals surface area contributed by atoms with Gasteiger partial charge in [-0.05, 0) is 37.1 Å². The second-order valence-electron chi connectivity index (χ2n) is 6.64. The highest BCUT2D eigenvalue weighted by atomic mass is 35.5. The van der Waals surface area contributed by atoms with Crippen molar-refractivity contribution in [1.82, 2.24) is 0 Å². The van der Waals surface area contributed by atoms with E-state index in [1.54, 1.807) is 25.1 Å². The quantitative estimate of drug-likeness (QED) is 0.715. The summed E-state index contributed by atoms with van der Waals surface area (Å²) in [5.74, 6) is -1.15. The number of hydrogen-bond donors (Lipinski definition) is 1. The van der Waals surface area contributed by atoms with Crippen LogP contribution in [-0.4, -0.2) is 22.4 Å². The maximum atomic E-state index is 12.2. The van der Waals surface area contributed by atoms with Gasteiger partial charge in [0.1, 0.15) is 6.10 Å². The summed E-state index contributed by atoms with van der Waals surface area (Å²) in [6.07, 6.45) is -0.812. The molecule has 0 radical (unpaired) electrons. The number of carbonyl (C=O) groups is 1. The zero-order valence-corrected chi connectivity index (χ0v) is 16.4. The third-order valence-electron chi connectivity index (χ3n) is 4.45. The summed E-state index contributed by atoms with van der Waals surface area (Å²) < 4.78 is 6.07. The van der Waals surface area contributed by atoms with Gasteiger partial charge in [-0.1, -0.05) is 64.3 Å². The third-order valence-corrected chi connectivity index (χ3v) is 5.19. The van der Waals surface area contributed by atoms with Crippen LogP contribution >= 0.6 is 23.2 Å². The Kier molecular flexibility index (Phi) is 5.75. The number of carboxylic acids is 1. The van der Waals surface area contributed by atoms with Crippen molar-refractivity contribution in [3.63, 3.8) is 0 Å². The standard InChI is InChI=1S/C20H19Cl2NO4/c1-12-3-5-14(6-4-12)11-26-18(15-7-8-16(21)17(22)9-15)20(19(24)25)10-13(2)23-27-20/h3-9,18H,10-11H2,1-2H3,(H,24,25). The Bertz CT molecular complexity index is 882. The molecule has 0 aliphatic carbocycles. The number of rotatable bonds is 6. The Morgan fingerprint density at radius 2 is 1.93 bits per heavy atom. The van der Waals surface area contributed by atoms with Gasteiger partial charge in [0.2, 0.25) is 0 Å². The van der Waals surface area contributed by atoms with Crippen LogP contribution in [0.3, 0.4) is 0 Å². The second-order valence-corrected chi connectivity index (χ2v) is 7.45. The highest BCUT2D eigenvalue weighted by Gasteiger charge is 2.54. The summed E-state index contributed by atoms with van der Waals surface area (Å²) in [5, 5.41) is 14.5. The van der Waals surface area contributed by atoms with Crippen LogP contribution in [0.2, 0.25) is 10.0 Å². The number of aryl methyl sites for hydroxylation is 1. The molecular weight excluding hydrogens is 389 g/mol. The number of halogens is 2. The molecule has 27 heavy (non-hydrogen) atoms. The normalized spacial score (nSPS) is 20.1. The molecule has 0 saturated heterocycles. The molecule has 1 aliphatic rings. The van der Waals surface area contributed by atoms with E-state index < -0.39 is 17.7 Å². The monoisotopic (exact) mass is 407 g/mol. The zero-order chi connectivity index (χ0) is 19.6. The van der Waals surface area contributed by atoms with Crippen LogP contribution < -0.4 is 0 Å². The molecule has 2 unspecified atom stereocenters. The number of hydrogen-bond acceptors (Lipinski definition) is 4. The minimum atomic E-state index is -1.66. The Labute approximate surface area is 167 Å². The maximum absolute atomic E-state index is 12.2. The van der Waals surface area contributed by atoms with Gasteiger partial charge in [0.15, 0.2) is 0 Å². The molecule has 3 rings (SSSR count). The molecule has 1 N–H and O–H groups in total. The Morgan fingerprint density at radius 3 is 2.48 bits per heavy atom. The molecular formula is C20H19Cl2NO4. The lowest BCUT2D eigenvalue weighted by atomic mass is 9.86. The van der Waals surface area contributed by atoms with Crippen LogP contribution in [0.5, 0.6) is 0 Å². The predicted octanol–water partition coefficient (Wildman–Crippen LogP) is 5.18. The number of oxime groups is 1. The van der Waals surface area contributed by atoms with Crippen LogP contribution in [0.15, 0.2) is 47.6 Å². The lowest BCUT2D eigenvalue weighted by molar-refractivity contribution is -0.187. The van der Waals surface area contributed by atoms with E-state index in [-0.39, 0.29) is 13.0 Å². The Hall–Kier alpha value is -2.08. The van der Waals surface area contributed by atoms with Crippen LogP contribution in [0, 0.1) is 6.92 Å². The first-order valence-electron chi connectivity index (χ1n) is 8.39. The molecule has 7 heteroatoms. The maximum Gasteiger partial charge on any atom is 0.354 e.